The fourth-order valence-corrected chi connectivity index (χ4v) is 3.82. The minimum absolute atomic E-state index is 0.0150. The Labute approximate surface area is 203 Å². The molecule has 1 aliphatic rings. The maximum absolute atomic E-state index is 13.3. The molecule has 1 unspecified atom stereocenters. The number of rotatable bonds is 5. The molecule has 1 aliphatic heterocycles. The van der Waals surface area contributed by atoms with Gasteiger partial charge in [0, 0.05) is 23.3 Å². The third-order valence-corrected chi connectivity index (χ3v) is 5.65. The molecule has 4 rings (SSSR count). The fourth-order valence-electron chi connectivity index (χ4n) is 3.60. The molecule has 1 saturated heterocycles. The summed E-state index contributed by atoms with van der Waals surface area (Å²) in [5.74, 6) is -2.84. The van der Waals surface area contributed by atoms with Crippen LogP contribution in [0.5, 0.6) is 0 Å². The van der Waals surface area contributed by atoms with Crippen LogP contribution in [0.25, 0.3) is 0 Å². The molecule has 1 heterocycles. The number of nitrogens with one attached hydrogen (secondary N) is 1. The van der Waals surface area contributed by atoms with Crippen molar-refractivity contribution in [1.29, 1.82) is 0 Å². The lowest BCUT2D eigenvalue weighted by Gasteiger charge is -2.28. The van der Waals surface area contributed by atoms with E-state index in [0.29, 0.717) is 0 Å². The van der Waals surface area contributed by atoms with Gasteiger partial charge in [-0.15, -0.1) is 0 Å². The second-order valence-corrected chi connectivity index (χ2v) is 7.93. The molecule has 1 N–H and O–H groups in total. The Balaban J connectivity index is 1.67. The number of nitrogens with zero attached hydrogens (tertiary/aromatic N) is 3. The zero-order chi connectivity index (χ0) is 25.1. The number of hydrazine groups is 1. The number of carbonyl (C=O) groups is 4. The third kappa shape index (κ3) is 4.73. The quantitative estimate of drug-likeness (QED) is 0.330. The van der Waals surface area contributed by atoms with E-state index in [-0.39, 0.29) is 33.9 Å². The Morgan fingerprint density at radius 2 is 1.57 bits per heavy atom. The number of imide groups is 1. The van der Waals surface area contributed by atoms with Crippen molar-refractivity contribution < 1.29 is 24.1 Å². The third-order valence-electron chi connectivity index (χ3n) is 5.33. The first-order chi connectivity index (χ1) is 16.8. The van der Waals surface area contributed by atoms with Crippen LogP contribution in [0.3, 0.4) is 0 Å². The van der Waals surface area contributed by atoms with Gasteiger partial charge in [0.2, 0.25) is 5.91 Å². The average Bonchev–Trinajstić information content (AvgIpc) is 3.16. The summed E-state index contributed by atoms with van der Waals surface area (Å²) in [5, 5.41) is 11.9. The van der Waals surface area contributed by atoms with Crippen molar-refractivity contribution in [3.8, 4) is 0 Å². The van der Waals surface area contributed by atoms with Crippen LogP contribution in [0, 0.1) is 10.1 Å². The van der Waals surface area contributed by atoms with Crippen LogP contribution >= 0.6 is 11.6 Å². The van der Waals surface area contributed by atoms with E-state index in [2.05, 4.69) is 5.43 Å². The monoisotopic (exact) mass is 492 g/mol. The van der Waals surface area contributed by atoms with Gasteiger partial charge in [0.15, 0.2) is 0 Å². The SMILES string of the molecule is O=C(NN(C(=O)c1ccccc1)C1CC(=O)N(c2ccccc2Cl)C1=O)c1ccc([N+](=O)[O-])cc1. The summed E-state index contributed by atoms with van der Waals surface area (Å²) in [6.45, 7) is 0. The number of hydrogen-bond acceptors (Lipinski definition) is 6. The zero-order valence-electron chi connectivity index (χ0n) is 18.0. The van der Waals surface area contributed by atoms with Crippen LogP contribution in [0.1, 0.15) is 27.1 Å². The number of halogens is 1. The maximum atomic E-state index is 13.3. The van der Waals surface area contributed by atoms with E-state index in [0.717, 1.165) is 22.0 Å². The number of hydrogen-bond donors (Lipinski definition) is 1. The molecule has 0 aromatic heterocycles. The Kier molecular flexibility index (Phi) is 6.56. The largest absolute Gasteiger partial charge is 0.274 e. The van der Waals surface area contributed by atoms with E-state index in [1.807, 2.05) is 0 Å². The van der Waals surface area contributed by atoms with Crippen LogP contribution in [0.15, 0.2) is 78.9 Å². The van der Waals surface area contributed by atoms with Gasteiger partial charge >= 0.3 is 0 Å². The minimum Gasteiger partial charge on any atom is -0.274 e. The minimum atomic E-state index is -1.34. The van der Waals surface area contributed by atoms with Gasteiger partial charge in [-0.25, -0.2) is 9.91 Å². The molecule has 1 fully saturated rings. The van der Waals surface area contributed by atoms with Gasteiger partial charge in [0.1, 0.15) is 6.04 Å². The molecule has 3 aromatic rings. The summed E-state index contributed by atoms with van der Waals surface area (Å²) < 4.78 is 0. The topological polar surface area (TPSA) is 130 Å². The molecule has 0 radical (unpaired) electrons. The lowest BCUT2D eigenvalue weighted by atomic mass is 10.1. The summed E-state index contributed by atoms with van der Waals surface area (Å²) in [5.41, 5.74) is 2.54. The average molecular weight is 493 g/mol. The molecular weight excluding hydrogens is 476 g/mol. The molecule has 1 atom stereocenters. The summed E-state index contributed by atoms with van der Waals surface area (Å²) in [6.07, 6.45) is -0.386. The number of para-hydroxylation sites is 1. The van der Waals surface area contributed by atoms with E-state index in [1.54, 1.807) is 30.3 Å². The fraction of sp³-hybridized carbons (Fsp3) is 0.0833. The van der Waals surface area contributed by atoms with Crippen molar-refractivity contribution in [1.82, 2.24) is 10.4 Å². The predicted molar refractivity (Wildman–Crippen MR) is 126 cm³/mol. The normalized spacial score (nSPS) is 15.1. The predicted octanol–water partition coefficient (Wildman–Crippen LogP) is 3.37. The second-order valence-electron chi connectivity index (χ2n) is 7.52. The molecule has 10 nitrogen and oxygen atoms in total. The van der Waals surface area contributed by atoms with Gasteiger partial charge < -0.3 is 0 Å². The summed E-state index contributed by atoms with van der Waals surface area (Å²) in [7, 11) is 0. The van der Waals surface area contributed by atoms with Gasteiger partial charge in [0.25, 0.3) is 23.4 Å². The lowest BCUT2D eigenvalue weighted by molar-refractivity contribution is -0.384. The number of nitro groups is 1. The van der Waals surface area contributed by atoms with Gasteiger partial charge in [-0.3, -0.25) is 34.7 Å². The first kappa shape index (κ1) is 23.6. The highest BCUT2D eigenvalue weighted by molar-refractivity contribution is 6.36. The van der Waals surface area contributed by atoms with E-state index in [9.17, 15) is 29.3 Å². The molecule has 0 saturated carbocycles. The van der Waals surface area contributed by atoms with Gasteiger partial charge in [-0.05, 0) is 36.4 Å². The zero-order valence-corrected chi connectivity index (χ0v) is 18.7. The van der Waals surface area contributed by atoms with Crippen molar-refractivity contribution in [3.63, 3.8) is 0 Å². The highest BCUT2D eigenvalue weighted by Gasteiger charge is 2.46. The lowest BCUT2D eigenvalue weighted by Crippen LogP contribution is -2.54. The van der Waals surface area contributed by atoms with Crippen LogP contribution < -0.4 is 10.3 Å². The molecule has 0 bridgehead atoms. The number of benzene rings is 3. The maximum Gasteiger partial charge on any atom is 0.273 e. The van der Waals surface area contributed by atoms with Crippen molar-refractivity contribution in [2.75, 3.05) is 4.90 Å². The Hall–Kier alpha value is -4.57. The highest BCUT2D eigenvalue weighted by Crippen LogP contribution is 2.31. The van der Waals surface area contributed by atoms with Crippen LogP contribution in [0.2, 0.25) is 5.02 Å². The Bertz CT molecular complexity index is 1330. The summed E-state index contributed by atoms with van der Waals surface area (Å²) in [4.78, 5) is 63.5. The van der Waals surface area contributed by atoms with Crippen molar-refractivity contribution in [3.05, 3.63) is 105 Å². The van der Waals surface area contributed by atoms with Crippen molar-refractivity contribution in [2.24, 2.45) is 0 Å². The molecule has 3 aromatic carbocycles. The van der Waals surface area contributed by atoms with Crippen LogP contribution in [-0.4, -0.2) is 39.6 Å². The molecule has 176 valence electrons. The van der Waals surface area contributed by atoms with Crippen LogP contribution in [0.4, 0.5) is 11.4 Å². The van der Waals surface area contributed by atoms with E-state index < -0.39 is 34.6 Å². The summed E-state index contributed by atoms with van der Waals surface area (Å²) >= 11 is 6.18. The molecule has 0 aliphatic carbocycles. The second kappa shape index (κ2) is 9.74. The van der Waals surface area contributed by atoms with E-state index in [4.69, 9.17) is 11.6 Å². The molecular formula is C24H17ClN4O6. The molecule has 11 heteroatoms. The standard InChI is InChI=1S/C24H17ClN4O6/c25-18-8-4-5-9-19(18)27-21(30)14-20(24(27)33)28(23(32)16-6-2-1-3-7-16)26-22(31)15-10-12-17(13-11-15)29(34)35/h1-13,20H,14H2,(H,26,31). The van der Waals surface area contributed by atoms with Crippen LogP contribution in [-0.2, 0) is 9.59 Å². The van der Waals surface area contributed by atoms with Gasteiger partial charge in [-0.2, -0.15) is 0 Å². The molecule has 35 heavy (non-hydrogen) atoms. The van der Waals surface area contributed by atoms with Crippen molar-refractivity contribution in [2.45, 2.75) is 12.5 Å². The number of carbonyl (C=O) groups excluding carboxylic acids is 4. The van der Waals surface area contributed by atoms with Gasteiger partial charge in [-0.1, -0.05) is 41.9 Å². The molecule has 4 amide bonds. The van der Waals surface area contributed by atoms with Crippen molar-refractivity contribution >= 4 is 46.6 Å². The number of nitro benzene ring substituents is 1. The Morgan fingerprint density at radius 1 is 0.943 bits per heavy atom. The van der Waals surface area contributed by atoms with E-state index >= 15 is 0 Å². The van der Waals surface area contributed by atoms with E-state index in [1.165, 1.54) is 36.4 Å². The summed E-state index contributed by atoms with van der Waals surface area (Å²) in [6, 6.07) is 17.6. The van der Waals surface area contributed by atoms with Gasteiger partial charge in [0.05, 0.1) is 22.1 Å². The first-order valence-electron chi connectivity index (χ1n) is 10.3. The number of amides is 4. The smallest absolute Gasteiger partial charge is 0.273 e. The molecule has 0 spiro atoms. The number of anilines is 1. The number of non-ortho nitro benzene ring substituents is 1. The first-order valence-corrected chi connectivity index (χ1v) is 10.7. The highest BCUT2D eigenvalue weighted by atomic mass is 35.5. The Morgan fingerprint density at radius 3 is 2.20 bits per heavy atom.